The molecule has 2 heterocycles. The SMILES string of the molecule is CC1CN(C(=O)CCCc2c[nH]c3ccccc23)CC(C)O1. The maximum atomic E-state index is 12.3. The molecular formula is C18H24N2O2. The van der Waals surface area contributed by atoms with Crippen LogP contribution in [0.25, 0.3) is 10.9 Å². The van der Waals surface area contributed by atoms with Gasteiger partial charge in [0.15, 0.2) is 0 Å². The largest absolute Gasteiger partial charge is 0.372 e. The number of rotatable bonds is 4. The summed E-state index contributed by atoms with van der Waals surface area (Å²) in [7, 11) is 0. The predicted octanol–water partition coefficient (Wildman–Crippen LogP) is 3.13. The second-order valence-electron chi connectivity index (χ2n) is 6.27. The summed E-state index contributed by atoms with van der Waals surface area (Å²) in [5, 5.41) is 1.27. The van der Waals surface area contributed by atoms with E-state index in [1.807, 2.05) is 24.8 Å². The van der Waals surface area contributed by atoms with Crippen LogP contribution < -0.4 is 0 Å². The van der Waals surface area contributed by atoms with Gasteiger partial charge in [-0.2, -0.15) is 0 Å². The van der Waals surface area contributed by atoms with Crippen molar-refractivity contribution in [1.82, 2.24) is 9.88 Å². The Morgan fingerprint density at radius 1 is 1.27 bits per heavy atom. The van der Waals surface area contributed by atoms with Crippen LogP contribution in [0.15, 0.2) is 30.5 Å². The summed E-state index contributed by atoms with van der Waals surface area (Å²) >= 11 is 0. The van der Waals surface area contributed by atoms with Crippen LogP contribution >= 0.6 is 0 Å². The van der Waals surface area contributed by atoms with E-state index in [-0.39, 0.29) is 18.1 Å². The van der Waals surface area contributed by atoms with Crippen LogP contribution in [-0.2, 0) is 16.0 Å². The van der Waals surface area contributed by atoms with Crippen LogP contribution in [0.1, 0.15) is 32.3 Å². The molecule has 1 saturated heterocycles. The zero-order valence-corrected chi connectivity index (χ0v) is 13.3. The number of para-hydroxylation sites is 1. The first-order valence-electron chi connectivity index (χ1n) is 8.11. The topological polar surface area (TPSA) is 45.3 Å². The quantitative estimate of drug-likeness (QED) is 0.943. The molecule has 1 aromatic heterocycles. The number of benzene rings is 1. The number of carbonyl (C=O) groups excluding carboxylic acids is 1. The number of nitrogens with one attached hydrogen (secondary N) is 1. The number of hydrogen-bond acceptors (Lipinski definition) is 2. The summed E-state index contributed by atoms with van der Waals surface area (Å²) in [6.45, 7) is 5.50. The van der Waals surface area contributed by atoms with Crippen LogP contribution in [0.5, 0.6) is 0 Å². The van der Waals surface area contributed by atoms with E-state index in [9.17, 15) is 4.79 Å². The van der Waals surface area contributed by atoms with Gasteiger partial charge in [0.2, 0.25) is 5.91 Å². The molecule has 0 saturated carbocycles. The molecule has 1 fully saturated rings. The van der Waals surface area contributed by atoms with Crippen molar-refractivity contribution in [2.45, 2.75) is 45.3 Å². The number of hydrogen-bond donors (Lipinski definition) is 1. The molecule has 22 heavy (non-hydrogen) atoms. The molecule has 4 nitrogen and oxygen atoms in total. The minimum absolute atomic E-state index is 0.140. The molecule has 2 atom stereocenters. The van der Waals surface area contributed by atoms with Gasteiger partial charge in [-0.1, -0.05) is 18.2 Å². The molecule has 0 radical (unpaired) electrons. The summed E-state index contributed by atoms with van der Waals surface area (Å²) in [5.41, 5.74) is 2.46. The van der Waals surface area contributed by atoms with Crippen molar-refractivity contribution in [3.05, 3.63) is 36.0 Å². The van der Waals surface area contributed by atoms with Gasteiger partial charge in [-0.3, -0.25) is 4.79 Å². The lowest BCUT2D eigenvalue weighted by Crippen LogP contribution is -2.48. The van der Waals surface area contributed by atoms with Crippen molar-refractivity contribution in [2.75, 3.05) is 13.1 Å². The van der Waals surface area contributed by atoms with E-state index in [2.05, 4.69) is 29.4 Å². The highest BCUT2D eigenvalue weighted by Crippen LogP contribution is 2.20. The molecule has 4 heteroatoms. The Hall–Kier alpha value is -1.81. The monoisotopic (exact) mass is 300 g/mol. The Balaban J connectivity index is 1.53. The Bertz CT molecular complexity index is 639. The van der Waals surface area contributed by atoms with Gasteiger partial charge in [-0.15, -0.1) is 0 Å². The molecule has 3 rings (SSSR count). The van der Waals surface area contributed by atoms with Gasteiger partial charge in [0.1, 0.15) is 0 Å². The molecular weight excluding hydrogens is 276 g/mol. The van der Waals surface area contributed by atoms with Crippen LogP contribution in [0.4, 0.5) is 0 Å². The van der Waals surface area contributed by atoms with Crippen molar-refractivity contribution >= 4 is 16.8 Å². The second-order valence-corrected chi connectivity index (χ2v) is 6.27. The number of amides is 1. The number of ether oxygens (including phenoxy) is 1. The summed E-state index contributed by atoms with van der Waals surface area (Å²) in [6, 6.07) is 8.31. The number of H-pyrrole nitrogens is 1. The van der Waals surface area contributed by atoms with Crippen LogP contribution in [-0.4, -0.2) is 41.1 Å². The molecule has 0 aliphatic carbocycles. The molecule has 0 bridgehead atoms. The van der Waals surface area contributed by atoms with Gasteiger partial charge in [-0.25, -0.2) is 0 Å². The Labute approximate surface area is 131 Å². The zero-order valence-electron chi connectivity index (χ0n) is 13.3. The van der Waals surface area contributed by atoms with E-state index in [4.69, 9.17) is 4.74 Å². The van der Waals surface area contributed by atoms with E-state index < -0.39 is 0 Å². The molecule has 1 aliphatic heterocycles. The van der Waals surface area contributed by atoms with Crippen LogP contribution in [0.3, 0.4) is 0 Å². The third-order valence-electron chi connectivity index (χ3n) is 4.28. The minimum Gasteiger partial charge on any atom is -0.372 e. The lowest BCUT2D eigenvalue weighted by molar-refractivity contribution is -0.143. The van der Waals surface area contributed by atoms with Gasteiger partial charge in [0.25, 0.3) is 0 Å². The third-order valence-corrected chi connectivity index (χ3v) is 4.28. The average molecular weight is 300 g/mol. The number of fused-ring (bicyclic) bond motifs is 1. The minimum atomic E-state index is 0.140. The second kappa shape index (κ2) is 6.53. The highest BCUT2D eigenvalue weighted by Gasteiger charge is 2.25. The zero-order chi connectivity index (χ0) is 15.5. The van der Waals surface area contributed by atoms with E-state index >= 15 is 0 Å². The van der Waals surface area contributed by atoms with Gasteiger partial charge in [-0.05, 0) is 38.3 Å². The average Bonchev–Trinajstić information content (AvgIpc) is 2.90. The normalized spacial score (nSPS) is 22.2. The van der Waals surface area contributed by atoms with Crippen molar-refractivity contribution in [3.8, 4) is 0 Å². The summed E-state index contributed by atoms with van der Waals surface area (Å²) < 4.78 is 5.68. The number of carbonyl (C=O) groups is 1. The van der Waals surface area contributed by atoms with Crippen LogP contribution in [0.2, 0.25) is 0 Å². The Morgan fingerprint density at radius 3 is 2.77 bits per heavy atom. The van der Waals surface area contributed by atoms with E-state index in [1.54, 1.807) is 0 Å². The maximum Gasteiger partial charge on any atom is 0.222 e. The number of morpholine rings is 1. The van der Waals surface area contributed by atoms with Crippen LogP contribution in [0, 0.1) is 0 Å². The smallest absolute Gasteiger partial charge is 0.222 e. The first kappa shape index (κ1) is 15.1. The maximum absolute atomic E-state index is 12.3. The van der Waals surface area contributed by atoms with Crippen molar-refractivity contribution in [2.24, 2.45) is 0 Å². The van der Waals surface area contributed by atoms with Gasteiger partial charge in [0, 0.05) is 36.6 Å². The highest BCUT2D eigenvalue weighted by molar-refractivity contribution is 5.83. The molecule has 2 unspecified atom stereocenters. The first-order chi connectivity index (χ1) is 10.6. The summed E-state index contributed by atoms with van der Waals surface area (Å²) in [6.07, 6.45) is 4.78. The number of aryl methyl sites for hydroxylation is 1. The Morgan fingerprint density at radius 2 is 2.00 bits per heavy atom. The molecule has 1 aromatic carbocycles. The number of nitrogens with zero attached hydrogens (tertiary/aromatic N) is 1. The van der Waals surface area contributed by atoms with Crippen molar-refractivity contribution in [1.29, 1.82) is 0 Å². The summed E-state index contributed by atoms with van der Waals surface area (Å²) in [5.74, 6) is 0.252. The molecule has 1 amide bonds. The first-order valence-corrected chi connectivity index (χ1v) is 8.11. The third kappa shape index (κ3) is 3.33. The number of aromatic amines is 1. The van der Waals surface area contributed by atoms with E-state index in [0.717, 1.165) is 25.9 Å². The molecule has 2 aromatic rings. The van der Waals surface area contributed by atoms with Gasteiger partial charge >= 0.3 is 0 Å². The van der Waals surface area contributed by atoms with Gasteiger partial charge < -0.3 is 14.6 Å². The van der Waals surface area contributed by atoms with E-state index in [0.29, 0.717) is 6.42 Å². The highest BCUT2D eigenvalue weighted by atomic mass is 16.5. The molecule has 0 spiro atoms. The molecule has 1 aliphatic rings. The lowest BCUT2D eigenvalue weighted by atomic mass is 10.1. The standard InChI is InChI=1S/C18H24N2O2/c1-13-11-20(12-14(2)22-13)18(21)9-5-6-15-10-19-17-8-4-3-7-16(15)17/h3-4,7-8,10,13-14,19H,5-6,9,11-12H2,1-2H3. The fraction of sp³-hybridized carbons (Fsp3) is 0.500. The van der Waals surface area contributed by atoms with Crippen molar-refractivity contribution < 1.29 is 9.53 Å². The fourth-order valence-corrected chi connectivity index (χ4v) is 3.31. The number of aromatic nitrogens is 1. The van der Waals surface area contributed by atoms with E-state index in [1.165, 1.54) is 16.5 Å². The Kier molecular flexibility index (Phi) is 4.48. The molecule has 118 valence electrons. The predicted molar refractivity (Wildman–Crippen MR) is 87.8 cm³/mol. The van der Waals surface area contributed by atoms with Crippen molar-refractivity contribution in [3.63, 3.8) is 0 Å². The lowest BCUT2D eigenvalue weighted by Gasteiger charge is -2.35. The fourth-order valence-electron chi connectivity index (χ4n) is 3.31. The van der Waals surface area contributed by atoms with Gasteiger partial charge in [0.05, 0.1) is 12.2 Å². The molecule has 1 N–H and O–H groups in total. The summed E-state index contributed by atoms with van der Waals surface area (Å²) in [4.78, 5) is 17.6.